The van der Waals surface area contributed by atoms with E-state index >= 15 is 0 Å². The van der Waals surface area contributed by atoms with Crippen LogP contribution in [-0.2, 0) is 19.5 Å². The van der Waals surface area contributed by atoms with E-state index in [-0.39, 0.29) is 24.0 Å². The number of hydrogen-bond acceptors (Lipinski definition) is 4. The third-order valence-electron chi connectivity index (χ3n) is 5.19. The molecule has 0 bridgehead atoms. The minimum atomic E-state index is 0. The molecular weight excluding hydrogens is 489 g/mol. The van der Waals surface area contributed by atoms with E-state index in [0.29, 0.717) is 17.6 Å². The Labute approximate surface area is 188 Å². The molecule has 2 aromatic heterocycles. The van der Waals surface area contributed by atoms with Crippen LogP contribution in [0, 0.1) is 0 Å². The van der Waals surface area contributed by atoms with Crippen LogP contribution in [0.4, 0.5) is 5.82 Å². The minimum absolute atomic E-state index is 0. The SMILES string of the molecule is CN=C(NCc1cn2c(n1)CCCC2)NC1CCN(c2ncccc2Cl)C1.I. The van der Waals surface area contributed by atoms with Gasteiger partial charge in [0.1, 0.15) is 11.6 Å². The van der Waals surface area contributed by atoms with E-state index in [4.69, 9.17) is 16.6 Å². The molecule has 28 heavy (non-hydrogen) atoms. The number of aromatic nitrogens is 3. The third kappa shape index (κ3) is 4.89. The Balaban J connectivity index is 0.00000225. The zero-order chi connectivity index (χ0) is 18.6. The predicted molar refractivity (Wildman–Crippen MR) is 124 cm³/mol. The number of aliphatic imine (C=N–C) groups is 1. The van der Waals surface area contributed by atoms with Gasteiger partial charge in [-0.05, 0) is 31.4 Å². The van der Waals surface area contributed by atoms with Crippen molar-refractivity contribution >= 4 is 47.4 Å². The van der Waals surface area contributed by atoms with E-state index in [9.17, 15) is 0 Å². The Morgan fingerprint density at radius 3 is 3.04 bits per heavy atom. The number of rotatable bonds is 4. The molecular formula is C19H27ClIN7. The smallest absolute Gasteiger partial charge is 0.191 e. The van der Waals surface area contributed by atoms with Crippen LogP contribution in [0.15, 0.2) is 29.5 Å². The fourth-order valence-corrected chi connectivity index (χ4v) is 4.04. The minimum Gasteiger partial charge on any atom is -0.353 e. The summed E-state index contributed by atoms with van der Waals surface area (Å²) in [7, 11) is 1.80. The van der Waals surface area contributed by atoms with Crippen molar-refractivity contribution in [1.29, 1.82) is 0 Å². The molecule has 152 valence electrons. The highest BCUT2D eigenvalue weighted by atomic mass is 127. The van der Waals surface area contributed by atoms with Gasteiger partial charge in [-0.25, -0.2) is 9.97 Å². The number of aryl methyl sites for hydroxylation is 2. The van der Waals surface area contributed by atoms with E-state index in [1.54, 1.807) is 13.2 Å². The zero-order valence-electron chi connectivity index (χ0n) is 16.1. The Kier molecular flexibility index (Phi) is 7.39. The first-order chi connectivity index (χ1) is 13.2. The summed E-state index contributed by atoms with van der Waals surface area (Å²) in [6, 6.07) is 4.05. The third-order valence-corrected chi connectivity index (χ3v) is 5.48. The summed E-state index contributed by atoms with van der Waals surface area (Å²) < 4.78 is 2.28. The van der Waals surface area contributed by atoms with Gasteiger partial charge in [0.2, 0.25) is 0 Å². The van der Waals surface area contributed by atoms with Crippen molar-refractivity contribution in [2.24, 2.45) is 4.99 Å². The largest absolute Gasteiger partial charge is 0.353 e. The van der Waals surface area contributed by atoms with Gasteiger partial charge in [0.15, 0.2) is 5.96 Å². The maximum Gasteiger partial charge on any atom is 0.191 e. The summed E-state index contributed by atoms with van der Waals surface area (Å²) in [6.07, 6.45) is 8.54. The molecule has 0 aromatic carbocycles. The van der Waals surface area contributed by atoms with Gasteiger partial charge in [0.05, 0.1) is 17.3 Å². The van der Waals surface area contributed by atoms with Crippen LogP contribution in [0.5, 0.6) is 0 Å². The van der Waals surface area contributed by atoms with Gasteiger partial charge >= 0.3 is 0 Å². The topological polar surface area (TPSA) is 70.4 Å². The van der Waals surface area contributed by atoms with Gasteiger partial charge in [-0.1, -0.05) is 11.6 Å². The quantitative estimate of drug-likeness (QED) is 0.372. The van der Waals surface area contributed by atoms with Gasteiger partial charge in [0.25, 0.3) is 0 Å². The van der Waals surface area contributed by atoms with Crippen molar-refractivity contribution in [3.8, 4) is 0 Å². The molecule has 0 spiro atoms. The average molecular weight is 516 g/mol. The van der Waals surface area contributed by atoms with Crippen molar-refractivity contribution in [3.63, 3.8) is 0 Å². The molecule has 1 atom stereocenters. The van der Waals surface area contributed by atoms with Gasteiger partial charge in [-0.15, -0.1) is 24.0 Å². The van der Waals surface area contributed by atoms with Crippen molar-refractivity contribution in [1.82, 2.24) is 25.2 Å². The highest BCUT2D eigenvalue weighted by molar-refractivity contribution is 14.0. The number of pyridine rings is 1. The van der Waals surface area contributed by atoms with Crippen LogP contribution in [0.3, 0.4) is 0 Å². The van der Waals surface area contributed by atoms with Crippen LogP contribution in [0.2, 0.25) is 5.02 Å². The fourth-order valence-electron chi connectivity index (χ4n) is 3.80. The summed E-state index contributed by atoms with van der Waals surface area (Å²) in [5.74, 6) is 2.87. The molecule has 0 aliphatic carbocycles. The van der Waals surface area contributed by atoms with Crippen LogP contribution in [-0.4, -0.2) is 46.7 Å². The normalized spacial score (nSPS) is 19.1. The molecule has 0 amide bonds. The van der Waals surface area contributed by atoms with E-state index in [1.807, 2.05) is 12.1 Å². The number of guanidine groups is 1. The van der Waals surface area contributed by atoms with Crippen LogP contribution in [0.1, 0.15) is 30.8 Å². The van der Waals surface area contributed by atoms with Crippen LogP contribution >= 0.6 is 35.6 Å². The average Bonchev–Trinajstić information content (AvgIpc) is 3.32. The summed E-state index contributed by atoms with van der Waals surface area (Å²) >= 11 is 6.28. The Bertz CT molecular complexity index is 799. The second-order valence-electron chi connectivity index (χ2n) is 7.11. The van der Waals surface area contributed by atoms with Gasteiger partial charge in [-0.3, -0.25) is 4.99 Å². The highest BCUT2D eigenvalue weighted by Crippen LogP contribution is 2.25. The van der Waals surface area contributed by atoms with Crippen molar-refractivity contribution in [2.75, 3.05) is 25.0 Å². The van der Waals surface area contributed by atoms with Crippen molar-refractivity contribution in [2.45, 2.75) is 44.8 Å². The molecule has 2 aliphatic heterocycles. The monoisotopic (exact) mass is 515 g/mol. The number of hydrogen-bond donors (Lipinski definition) is 2. The molecule has 9 heteroatoms. The number of anilines is 1. The first-order valence-electron chi connectivity index (χ1n) is 9.60. The van der Waals surface area contributed by atoms with E-state index in [0.717, 1.165) is 49.9 Å². The van der Waals surface area contributed by atoms with E-state index < -0.39 is 0 Å². The number of halogens is 2. The molecule has 0 saturated carbocycles. The zero-order valence-corrected chi connectivity index (χ0v) is 19.2. The first kappa shape index (κ1) is 21.2. The van der Waals surface area contributed by atoms with Crippen LogP contribution < -0.4 is 15.5 Å². The Hall–Kier alpha value is -1.55. The first-order valence-corrected chi connectivity index (χ1v) is 9.98. The lowest BCUT2D eigenvalue weighted by molar-refractivity contribution is 0.522. The summed E-state index contributed by atoms with van der Waals surface area (Å²) in [5, 5.41) is 7.60. The summed E-state index contributed by atoms with van der Waals surface area (Å²) in [5.41, 5.74) is 1.07. The Morgan fingerprint density at radius 1 is 1.36 bits per heavy atom. The van der Waals surface area contributed by atoms with Crippen molar-refractivity contribution in [3.05, 3.63) is 41.1 Å². The maximum atomic E-state index is 6.28. The lowest BCUT2D eigenvalue weighted by Crippen LogP contribution is -2.44. The lowest BCUT2D eigenvalue weighted by Gasteiger charge is -2.20. The number of fused-ring (bicyclic) bond motifs is 1. The molecule has 2 aliphatic rings. The molecule has 7 nitrogen and oxygen atoms in total. The van der Waals surface area contributed by atoms with E-state index in [2.05, 4.69) is 36.3 Å². The number of imidazole rings is 1. The van der Waals surface area contributed by atoms with Gasteiger partial charge < -0.3 is 20.1 Å². The van der Waals surface area contributed by atoms with Crippen LogP contribution in [0.25, 0.3) is 0 Å². The highest BCUT2D eigenvalue weighted by Gasteiger charge is 2.25. The number of nitrogens with one attached hydrogen (secondary N) is 2. The molecule has 4 rings (SSSR count). The second kappa shape index (κ2) is 9.78. The second-order valence-corrected chi connectivity index (χ2v) is 7.52. The van der Waals surface area contributed by atoms with E-state index in [1.165, 1.54) is 18.7 Å². The summed E-state index contributed by atoms with van der Waals surface area (Å²) in [4.78, 5) is 15.7. The molecule has 2 aromatic rings. The maximum absolute atomic E-state index is 6.28. The predicted octanol–water partition coefficient (Wildman–Crippen LogP) is 2.83. The molecule has 4 heterocycles. The molecule has 2 N–H and O–H groups in total. The lowest BCUT2D eigenvalue weighted by atomic mass is 10.2. The molecule has 1 saturated heterocycles. The van der Waals surface area contributed by atoms with Gasteiger partial charge in [0, 0.05) is 51.5 Å². The van der Waals surface area contributed by atoms with Gasteiger partial charge in [-0.2, -0.15) is 0 Å². The molecule has 1 unspecified atom stereocenters. The standard InChI is InChI=1S/C19H26ClN7.HI/c1-21-19(23-11-15-13-26-9-3-2-6-17(26)24-15)25-14-7-10-27(12-14)18-16(20)5-4-8-22-18;/h4-5,8,13-14H,2-3,6-7,9-12H2,1H3,(H2,21,23,25);1H. The summed E-state index contributed by atoms with van der Waals surface area (Å²) in [6.45, 7) is 3.56. The Morgan fingerprint density at radius 2 is 2.25 bits per heavy atom. The molecule has 1 fully saturated rings. The molecule has 0 radical (unpaired) electrons. The fraction of sp³-hybridized carbons (Fsp3) is 0.526. The van der Waals surface area contributed by atoms with Crippen molar-refractivity contribution < 1.29 is 0 Å². The number of nitrogens with zero attached hydrogens (tertiary/aromatic N) is 5.